The van der Waals surface area contributed by atoms with Crippen molar-refractivity contribution in [2.24, 2.45) is 5.92 Å². The molecule has 102 valence electrons. The largest absolute Gasteiger partial charge is 0.468 e. The van der Waals surface area contributed by atoms with Crippen LogP contribution in [0.2, 0.25) is 0 Å². The van der Waals surface area contributed by atoms with Gasteiger partial charge in [0.25, 0.3) is 0 Å². The molecule has 0 aliphatic heterocycles. The van der Waals surface area contributed by atoms with E-state index in [0.29, 0.717) is 24.7 Å². The fourth-order valence-electron chi connectivity index (χ4n) is 2.14. The molecule has 1 unspecified atom stereocenters. The van der Waals surface area contributed by atoms with Crippen LogP contribution in [0.15, 0.2) is 16.7 Å². The summed E-state index contributed by atoms with van der Waals surface area (Å²) in [5, 5.41) is 3.47. The molecule has 0 spiro atoms. The van der Waals surface area contributed by atoms with Gasteiger partial charge in [-0.15, -0.1) is 0 Å². The zero-order valence-corrected chi connectivity index (χ0v) is 11.7. The zero-order valence-electron chi connectivity index (χ0n) is 11.7. The Morgan fingerprint density at radius 2 is 2.17 bits per heavy atom. The van der Waals surface area contributed by atoms with Crippen LogP contribution >= 0.6 is 0 Å². The van der Waals surface area contributed by atoms with Gasteiger partial charge in [-0.3, -0.25) is 0 Å². The van der Waals surface area contributed by atoms with Gasteiger partial charge in [-0.25, -0.2) is 0 Å². The van der Waals surface area contributed by atoms with E-state index in [1.807, 2.05) is 6.07 Å². The predicted octanol–water partition coefficient (Wildman–Crippen LogP) is 3.48. The Kier molecular flexibility index (Phi) is 4.84. The van der Waals surface area contributed by atoms with Crippen LogP contribution in [-0.4, -0.2) is 12.1 Å². The molecular weight excluding hydrogens is 226 g/mol. The molecule has 2 rings (SSSR count). The Labute approximate surface area is 110 Å². The quantitative estimate of drug-likeness (QED) is 0.768. The van der Waals surface area contributed by atoms with Crippen LogP contribution in [0.1, 0.15) is 51.4 Å². The first-order valence-corrected chi connectivity index (χ1v) is 7.05. The van der Waals surface area contributed by atoms with Crippen molar-refractivity contribution in [3.63, 3.8) is 0 Å². The standard InChI is InChI=1S/C15H25NO2/c1-11(2)8-12(3)18-10-13-6-7-17-15(13)9-16-14-4-5-14/h6-7,11-12,14,16H,4-5,8-10H2,1-3H3. The summed E-state index contributed by atoms with van der Waals surface area (Å²) in [5.41, 5.74) is 1.18. The van der Waals surface area contributed by atoms with E-state index in [9.17, 15) is 0 Å². The summed E-state index contributed by atoms with van der Waals surface area (Å²) < 4.78 is 11.4. The lowest BCUT2D eigenvalue weighted by atomic mass is 10.1. The maximum Gasteiger partial charge on any atom is 0.123 e. The molecule has 1 N–H and O–H groups in total. The molecule has 1 heterocycles. The fraction of sp³-hybridized carbons (Fsp3) is 0.733. The van der Waals surface area contributed by atoms with E-state index in [2.05, 4.69) is 26.1 Å². The number of rotatable bonds is 8. The van der Waals surface area contributed by atoms with E-state index in [-0.39, 0.29) is 0 Å². The van der Waals surface area contributed by atoms with Gasteiger partial charge in [-0.2, -0.15) is 0 Å². The summed E-state index contributed by atoms with van der Waals surface area (Å²) >= 11 is 0. The van der Waals surface area contributed by atoms with Crippen LogP contribution < -0.4 is 5.32 Å². The maximum atomic E-state index is 5.87. The van der Waals surface area contributed by atoms with E-state index in [4.69, 9.17) is 9.15 Å². The van der Waals surface area contributed by atoms with Crippen LogP contribution in [0.4, 0.5) is 0 Å². The predicted molar refractivity (Wildman–Crippen MR) is 72.3 cm³/mol. The summed E-state index contributed by atoms with van der Waals surface area (Å²) in [6.45, 7) is 8.08. The number of nitrogens with one attached hydrogen (secondary N) is 1. The average molecular weight is 251 g/mol. The summed E-state index contributed by atoms with van der Waals surface area (Å²) in [6.07, 6.45) is 5.78. The van der Waals surface area contributed by atoms with Crippen LogP contribution in [0.5, 0.6) is 0 Å². The molecule has 0 bridgehead atoms. The first-order chi connectivity index (χ1) is 8.65. The van der Waals surface area contributed by atoms with Crippen LogP contribution in [-0.2, 0) is 17.9 Å². The van der Waals surface area contributed by atoms with Crippen LogP contribution in [0.25, 0.3) is 0 Å². The maximum absolute atomic E-state index is 5.87. The smallest absolute Gasteiger partial charge is 0.123 e. The zero-order chi connectivity index (χ0) is 13.0. The molecule has 3 heteroatoms. The van der Waals surface area contributed by atoms with Crippen LogP contribution in [0.3, 0.4) is 0 Å². The molecule has 0 radical (unpaired) electrons. The lowest BCUT2D eigenvalue weighted by Gasteiger charge is -2.15. The second-order valence-electron chi connectivity index (χ2n) is 5.78. The first kappa shape index (κ1) is 13.6. The third kappa shape index (κ3) is 4.46. The van der Waals surface area contributed by atoms with Crippen molar-refractivity contribution >= 4 is 0 Å². The Morgan fingerprint density at radius 3 is 2.83 bits per heavy atom. The van der Waals surface area contributed by atoms with Crippen molar-refractivity contribution in [2.45, 2.75) is 65.3 Å². The molecule has 1 saturated carbocycles. The molecule has 1 aliphatic carbocycles. The molecule has 3 nitrogen and oxygen atoms in total. The Hall–Kier alpha value is -0.800. The minimum Gasteiger partial charge on any atom is -0.468 e. The first-order valence-electron chi connectivity index (χ1n) is 7.05. The van der Waals surface area contributed by atoms with Crippen LogP contribution in [0, 0.1) is 5.92 Å². The summed E-state index contributed by atoms with van der Waals surface area (Å²) in [5.74, 6) is 1.71. The Morgan fingerprint density at radius 1 is 1.39 bits per heavy atom. The van der Waals surface area contributed by atoms with E-state index < -0.39 is 0 Å². The van der Waals surface area contributed by atoms with Gasteiger partial charge < -0.3 is 14.5 Å². The van der Waals surface area contributed by atoms with Gasteiger partial charge in [0.05, 0.1) is 25.5 Å². The molecule has 1 fully saturated rings. The van der Waals surface area contributed by atoms with Gasteiger partial charge in [0.15, 0.2) is 0 Å². The monoisotopic (exact) mass is 251 g/mol. The normalized spacial score (nSPS) is 17.3. The number of ether oxygens (including phenoxy) is 1. The molecule has 1 atom stereocenters. The third-order valence-electron chi connectivity index (χ3n) is 3.29. The molecule has 1 aromatic heterocycles. The molecule has 0 aromatic carbocycles. The van der Waals surface area contributed by atoms with Gasteiger partial charge in [0.2, 0.25) is 0 Å². The fourth-order valence-corrected chi connectivity index (χ4v) is 2.14. The van der Waals surface area contributed by atoms with E-state index >= 15 is 0 Å². The highest BCUT2D eigenvalue weighted by Gasteiger charge is 2.21. The van der Waals surface area contributed by atoms with Crippen molar-refractivity contribution in [1.82, 2.24) is 5.32 Å². The number of hydrogen-bond donors (Lipinski definition) is 1. The molecule has 18 heavy (non-hydrogen) atoms. The molecule has 1 aliphatic rings. The van der Waals surface area contributed by atoms with Crippen molar-refractivity contribution in [3.8, 4) is 0 Å². The van der Waals surface area contributed by atoms with Gasteiger partial charge in [-0.05, 0) is 38.2 Å². The van der Waals surface area contributed by atoms with E-state index in [1.165, 1.54) is 18.4 Å². The van der Waals surface area contributed by atoms with Crippen molar-refractivity contribution < 1.29 is 9.15 Å². The van der Waals surface area contributed by atoms with Crippen molar-refractivity contribution in [2.75, 3.05) is 0 Å². The highest BCUT2D eigenvalue weighted by Crippen LogP contribution is 2.21. The van der Waals surface area contributed by atoms with E-state index in [1.54, 1.807) is 6.26 Å². The van der Waals surface area contributed by atoms with E-state index in [0.717, 1.165) is 18.7 Å². The van der Waals surface area contributed by atoms with Gasteiger partial charge >= 0.3 is 0 Å². The SMILES string of the molecule is CC(C)CC(C)OCc1ccoc1CNC1CC1. The lowest BCUT2D eigenvalue weighted by Crippen LogP contribution is -2.16. The van der Waals surface area contributed by atoms with Gasteiger partial charge in [0.1, 0.15) is 5.76 Å². The minimum atomic E-state index is 0.309. The number of furan rings is 1. The second kappa shape index (κ2) is 6.39. The van der Waals surface area contributed by atoms with Gasteiger partial charge in [-0.1, -0.05) is 13.8 Å². The highest BCUT2D eigenvalue weighted by molar-refractivity contribution is 5.16. The number of hydrogen-bond acceptors (Lipinski definition) is 3. The summed E-state index contributed by atoms with van der Waals surface area (Å²) in [4.78, 5) is 0. The lowest BCUT2D eigenvalue weighted by molar-refractivity contribution is 0.0389. The molecule has 0 saturated heterocycles. The topological polar surface area (TPSA) is 34.4 Å². The minimum absolute atomic E-state index is 0.309. The van der Waals surface area contributed by atoms with Gasteiger partial charge in [0, 0.05) is 11.6 Å². The third-order valence-corrected chi connectivity index (χ3v) is 3.29. The average Bonchev–Trinajstić information content (AvgIpc) is 3.02. The summed E-state index contributed by atoms with van der Waals surface area (Å²) in [6, 6.07) is 2.73. The second-order valence-corrected chi connectivity index (χ2v) is 5.78. The molecular formula is C15H25NO2. The van der Waals surface area contributed by atoms with Crippen molar-refractivity contribution in [1.29, 1.82) is 0 Å². The van der Waals surface area contributed by atoms with Crippen molar-refractivity contribution in [3.05, 3.63) is 23.7 Å². The molecule has 0 amide bonds. The highest BCUT2D eigenvalue weighted by atomic mass is 16.5. The molecule has 1 aromatic rings. The Bertz CT molecular complexity index is 355. The summed E-state index contributed by atoms with van der Waals surface area (Å²) in [7, 11) is 0. The Balaban J connectivity index is 1.75.